The Kier molecular flexibility index (Phi) is 4.86. The van der Waals surface area contributed by atoms with Crippen LogP contribution in [0.5, 0.6) is 5.88 Å². The normalized spacial score (nSPS) is 11.2. The fraction of sp³-hybridized carbons (Fsp3) is 0.286. The minimum Gasteiger partial charge on any atom is -0.480 e. The number of halogens is 3. The lowest BCUT2D eigenvalue weighted by atomic mass is 10.2. The first-order valence-electron chi connectivity index (χ1n) is 6.78. The number of methoxy groups -OCH3 is 1. The summed E-state index contributed by atoms with van der Waals surface area (Å²) in [5.41, 5.74) is -0.667. The number of benzene rings is 1. The highest BCUT2D eigenvalue weighted by Gasteiger charge is 2.36. The minimum atomic E-state index is -4.63. The van der Waals surface area contributed by atoms with Gasteiger partial charge in [-0.05, 0) is 19.1 Å². The number of anilines is 2. The average Bonchev–Trinajstić information content (AvgIpc) is 2.55. The van der Waals surface area contributed by atoms with E-state index in [0.29, 0.717) is 18.4 Å². The van der Waals surface area contributed by atoms with Crippen LogP contribution in [0, 0.1) is 10.1 Å². The summed E-state index contributed by atoms with van der Waals surface area (Å²) in [4.78, 5) is 19.2. The van der Waals surface area contributed by atoms with Gasteiger partial charge in [0.05, 0.1) is 12.0 Å². The maximum absolute atomic E-state index is 12.9. The first kappa shape index (κ1) is 17.4. The van der Waals surface area contributed by atoms with Crippen LogP contribution in [0.3, 0.4) is 0 Å². The molecule has 0 radical (unpaired) electrons. The zero-order chi connectivity index (χ0) is 17.9. The molecule has 1 aromatic carbocycles. The number of nitro groups is 1. The molecule has 1 aromatic heterocycles. The molecule has 2 rings (SSSR count). The maximum Gasteiger partial charge on any atom is 0.423 e. The molecule has 0 saturated heterocycles. The molecule has 128 valence electrons. The zero-order valence-corrected chi connectivity index (χ0v) is 12.7. The van der Waals surface area contributed by atoms with Gasteiger partial charge >= 0.3 is 6.18 Å². The highest BCUT2D eigenvalue weighted by atomic mass is 19.4. The Balaban J connectivity index is 2.42. The van der Waals surface area contributed by atoms with E-state index in [1.807, 2.05) is 0 Å². The van der Waals surface area contributed by atoms with Crippen molar-refractivity contribution in [3.8, 4) is 5.88 Å². The number of nitro benzene ring substituents is 1. The van der Waals surface area contributed by atoms with Crippen LogP contribution in [0.2, 0.25) is 0 Å². The molecule has 0 aliphatic heterocycles. The molecule has 2 aromatic rings. The molecule has 1 heterocycles. The lowest BCUT2D eigenvalue weighted by molar-refractivity contribution is -0.384. The Labute approximate surface area is 134 Å². The number of non-ortho nitro benzene ring substituents is 1. The number of hydrogen-bond acceptors (Lipinski definition) is 6. The molecule has 0 spiro atoms. The standard InChI is InChI=1S/C14H13F3N4O3/c1-3-20(9-4-6-10(7-5-9)21(22)23)13-18-8-11(14(15,16)17)12(19-13)24-2/h4-8H,3H2,1-2H3. The van der Waals surface area contributed by atoms with Crippen LogP contribution < -0.4 is 9.64 Å². The number of ether oxygens (including phenoxy) is 1. The minimum absolute atomic E-state index is 0.00352. The molecule has 0 bridgehead atoms. The molecule has 0 aliphatic rings. The van der Waals surface area contributed by atoms with E-state index in [0.717, 1.165) is 7.11 Å². The molecule has 0 atom stereocenters. The van der Waals surface area contributed by atoms with Gasteiger partial charge in [-0.2, -0.15) is 18.2 Å². The predicted octanol–water partition coefficient (Wildman–Crippen LogP) is 3.57. The fourth-order valence-corrected chi connectivity index (χ4v) is 2.03. The molecule has 0 unspecified atom stereocenters. The Hall–Kier alpha value is -2.91. The summed E-state index contributed by atoms with van der Waals surface area (Å²) in [7, 11) is 1.09. The van der Waals surface area contributed by atoms with E-state index in [1.54, 1.807) is 6.92 Å². The van der Waals surface area contributed by atoms with Crippen LogP contribution in [-0.4, -0.2) is 28.5 Å². The second kappa shape index (κ2) is 6.69. The number of aromatic nitrogens is 2. The second-order valence-electron chi connectivity index (χ2n) is 4.61. The van der Waals surface area contributed by atoms with E-state index >= 15 is 0 Å². The monoisotopic (exact) mass is 342 g/mol. The van der Waals surface area contributed by atoms with Crippen LogP contribution in [-0.2, 0) is 6.18 Å². The van der Waals surface area contributed by atoms with Crippen molar-refractivity contribution in [3.05, 3.63) is 46.1 Å². The molecule has 0 aliphatic carbocycles. The van der Waals surface area contributed by atoms with Crippen molar-refractivity contribution in [3.63, 3.8) is 0 Å². The largest absolute Gasteiger partial charge is 0.480 e. The Morgan fingerprint density at radius 2 is 1.92 bits per heavy atom. The van der Waals surface area contributed by atoms with Gasteiger partial charge in [0.25, 0.3) is 5.69 Å². The smallest absolute Gasteiger partial charge is 0.423 e. The highest BCUT2D eigenvalue weighted by Crippen LogP contribution is 2.36. The van der Waals surface area contributed by atoms with Gasteiger partial charge < -0.3 is 9.64 Å². The maximum atomic E-state index is 12.9. The predicted molar refractivity (Wildman–Crippen MR) is 79.4 cm³/mol. The molecule has 10 heteroatoms. The number of nitrogens with zero attached hydrogens (tertiary/aromatic N) is 4. The van der Waals surface area contributed by atoms with E-state index in [2.05, 4.69) is 9.97 Å². The summed E-state index contributed by atoms with van der Waals surface area (Å²) in [5, 5.41) is 10.7. The zero-order valence-electron chi connectivity index (χ0n) is 12.7. The Morgan fingerprint density at radius 1 is 1.29 bits per heavy atom. The van der Waals surface area contributed by atoms with Crippen molar-refractivity contribution >= 4 is 17.3 Å². The third-order valence-electron chi connectivity index (χ3n) is 3.17. The van der Waals surface area contributed by atoms with Gasteiger partial charge in [-0.15, -0.1) is 0 Å². The number of rotatable bonds is 5. The van der Waals surface area contributed by atoms with Crippen LogP contribution in [0.15, 0.2) is 30.5 Å². The molecule has 0 fully saturated rings. The third-order valence-corrected chi connectivity index (χ3v) is 3.17. The summed E-state index contributed by atoms with van der Waals surface area (Å²) >= 11 is 0. The lowest BCUT2D eigenvalue weighted by Crippen LogP contribution is -2.20. The highest BCUT2D eigenvalue weighted by molar-refractivity contribution is 5.59. The van der Waals surface area contributed by atoms with Gasteiger partial charge in [-0.1, -0.05) is 0 Å². The SMILES string of the molecule is CCN(c1ccc([N+](=O)[O-])cc1)c1ncc(C(F)(F)F)c(OC)n1. The van der Waals surface area contributed by atoms with Crippen molar-refractivity contribution in [2.45, 2.75) is 13.1 Å². The molecule has 24 heavy (non-hydrogen) atoms. The number of hydrogen-bond donors (Lipinski definition) is 0. The Morgan fingerprint density at radius 3 is 2.38 bits per heavy atom. The lowest BCUT2D eigenvalue weighted by Gasteiger charge is -2.22. The quantitative estimate of drug-likeness (QED) is 0.610. The Bertz CT molecular complexity index is 735. The topological polar surface area (TPSA) is 81.4 Å². The van der Waals surface area contributed by atoms with Crippen LogP contribution in [0.25, 0.3) is 0 Å². The van der Waals surface area contributed by atoms with E-state index in [-0.39, 0.29) is 11.6 Å². The van der Waals surface area contributed by atoms with Crippen LogP contribution >= 0.6 is 0 Å². The van der Waals surface area contributed by atoms with Gasteiger partial charge in [-0.3, -0.25) is 10.1 Å². The average molecular weight is 342 g/mol. The molecule has 0 N–H and O–H groups in total. The van der Waals surface area contributed by atoms with Crippen molar-refractivity contribution in [2.24, 2.45) is 0 Å². The van der Waals surface area contributed by atoms with Gasteiger partial charge in [0, 0.05) is 30.6 Å². The van der Waals surface area contributed by atoms with Gasteiger partial charge in [-0.25, -0.2) is 4.98 Å². The van der Waals surface area contributed by atoms with E-state index in [4.69, 9.17) is 4.74 Å². The molecular formula is C14H13F3N4O3. The van der Waals surface area contributed by atoms with Crippen molar-refractivity contribution in [1.82, 2.24) is 9.97 Å². The van der Waals surface area contributed by atoms with E-state index < -0.39 is 22.5 Å². The van der Waals surface area contributed by atoms with Crippen molar-refractivity contribution in [2.75, 3.05) is 18.6 Å². The summed E-state index contributed by atoms with van der Waals surface area (Å²) in [6.07, 6.45) is -3.98. The van der Waals surface area contributed by atoms with Crippen LogP contribution in [0.4, 0.5) is 30.5 Å². The first-order valence-corrected chi connectivity index (χ1v) is 6.78. The fourth-order valence-electron chi connectivity index (χ4n) is 2.03. The molecule has 7 nitrogen and oxygen atoms in total. The third kappa shape index (κ3) is 3.53. The van der Waals surface area contributed by atoms with E-state index in [9.17, 15) is 23.3 Å². The summed E-state index contributed by atoms with van der Waals surface area (Å²) < 4.78 is 43.3. The summed E-state index contributed by atoms with van der Waals surface area (Å²) in [6.45, 7) is 2.08. The van der Waals surface area contributed by atoms with Gasteiger partial charge in [0.2, 0.25) is 11.8 Å². The molecule has 0 saturated carbocycles. The van der Waals surface area contributed by atoms with E-state index in [1.165, 1.54) is 29.2 Å². The molecule has 0 amide bonds. The first-order chi connectivity index (χ1) is 11.3. The van der Waals surface area contributed by atoms with Crippen LogP contribution in [0.1, 0.15) is 12.5 Å². The second-order valence-corrected chi connectivity index (χ2v) is 4.61. The summed E-state index contributed by atoms with van der Waals surface area (Å²) in [5.74, 6) is -0.593. The van der Waals surface area contributed by atoms with Crippen molar-refractivity contribution < 1.29 is 22.8 Å². The van der Waals surface area contributed by atoms with Gasteiger partial charge in [0.15, 0.2) is 0 Å². The summed E-state index contributed by atoms with van der Waals surface area (Å²) in [6, 6.07) is 5.52. The molecular weight excluding hydrogens is 329 g/mol. The van der Waals surface area contributed by atoms with Crippen molar-refractivity contribution in [1.29, 1.82) is 0 Å². The number of alkyl halides is 3. The van der Waals surface area contributed by atoms with Gasteiger partial charge in [0.1, 0.15) is 5.56 Å².